The zero-order valence-corrected chi connectivity index (χ0v) is 36.9. The number of aliphatic hydroxyl groups excluding tert-OH is 1. The Morgan fingerprint density at radius 3 is 2.09 bits per heavy atom. The summed E-state index contributed by atoms with van der Waals surface area (Å²) in [5.74, 6) is 1.53. The van der Waals surface area contributed by atoms with Gasteiger partial charge in [0, 0.05) is 60.4 Å². The molecule has 0 amide bonds. The molecule has 2 aromatic rings. The molecule has 0 bridgehead atoms. The summed E-state index contributed by atoms with van der Waals surface area (Å²) in [5, 5.41) is 20.0. The van der Waals surface area contributed by atoms with Crippen LogP contribution in [0.4, 0.5) is 0 Å². The van der Waals surface area contributed by atoms with Gasteiger partial charge in [0.2, 0.25) is 0 Å². The minimum Gasteiger partial charge on any atom is -0.496 e. The average Bonchev–Trinajstić information content (AvgIpc) is 4.08. The summed E-state index contributed by atoms with van der Waals surface area (Å²) in [4.78, 5) is 25.9. The molecule has 1 saturated carbocycles. The monoisotopic (exact) mass is 763 g/mol. The number of ether oxygens (including phenoxy) is 1. The number of rotatable bonds is 17. The number of aldehydes is 1. The quantitative estimate of drug-likeness (QED) is 0.0544. The first-order valence-corrected chi connectivity index (χ1v) is 20.5. The Morgan fingerprint density at radius 1 is 1.04 bits per heavy atom. The topological polar surface area (TPSA) is 138 Å². The van der Waals surface area contributed by atoms with Gasteiger partial charge in [-0.05, 0) is 88.1 Å². The highest BCUT2D eigenvalue weighted by Crippen LogP contribution is 2.29. The molecule has 1 aromatic heterocycles. The number of likely N-dealkylation sites (N-methyl/N-ethyl adjacent to an activating group) is 1. The maximum atomic E-state index is 12.3. The van der Waals surface area contributed by atoms with Crippen LogP contribution in [0.5, 0.6) is 5.75 Å². The fraction of sp³-hybridized carbons (Fsp3) is 0.532. The van der Waals surface area contributed by atoms with Crippen LogP contribution < -0.4 is 15.8 Å². The van der Waals surface area contributed by atoms with E-state index in [-0.39, 0.29) is 11.9 Å². The summed E-state index contributed by atoms with van der Waals surface area (Å²) < 4.78 is 5.35. The summed E-state index contributed by atoms with van der Waals surface area (Å²) in [6, 6.07) is 11.5. The van der Waals surface area contributed by atoms with E-state index in [1.165, 1.54) is 18.0 Å². The number of aliphatic hydroxyl groups is 1. The number of hydrogen-bond acceptors (Lipinski definition) is 8. The number of carbonyl (C=O) groups is 2. The fourth-order valence-electron chi connectivity index (χ4n) is 4.98. The summed E-state index contributed by atoms with van der Waals surface area (Å²) in [6.45, 7) is 22.5. The number of carbonyl (C=O) groups excluding carboxylic acids is 2. The van der Waals surface area contributed by atoms with Crippen molar-refractivity contribution < 1.29 is 19.4 Å². The first-order valence-electron chi connectivity index (χ1n) is 20.5. The lowest BCUT2D eigenvalue weighted by molar-refractivity contribution is -0.115. The third-order valence-electron chi connectivity index (χ3n) is 8.19. The molecule has 1 atom stereocenters. The molecule has 55 heavy (non-hydrogen) atoms. The normalized spacial score (nSPS) is 13.0. The van der Waals surface area contributed by atoms with Crippen LogP contribution in [-0.2, 0) is 16.0 Å². The number of aromatic nitrogens is 1. The van der Waals surface area contributed by atoms with Crippen LogP contribution in [0.15, 0.2) is 83.4 Å². The molecule has 0 spiro atoms. The van der Waals surface area contributed by atoms with Gasteiger partial charge in [0.15, 0.2) is 5.78 Å². The van der Waals surface area contributed by atoms with Crippen LogP contribution in [0.1, 0.15) is 157 Å². The van der Waals surface area contributed by atoms with Crippen LogP contribution >= 0.6 is 0 Å². The molecule has 0 aliphatic heterocycles. The molecule has 1 heterocycles. The lowest BCUT2D eigenvalue weighted by Crippen LogP contribution is -2.09. The van der Waals surface area contributed by atoms with Gasteiger partial charge in [-0.15, -0.1) is 0 Å². The van der Waals surface area contributed by atoms with Crippen molar-refractivity contribution in [3.8, 4) is 5.75 Å². The number of allylic oxidation sites excluding steroid dienone is 6. The van der Waals surface area contributed by atoms with Gasteiger partial charge in [0.25, 0.3) is 0 Å². The summed E-state index contributed by atoms with van der Waals surface area (Å²) in [6.07, 6.45) is 18.8. The smallest absolute Gasteiger partial charge is 0.163 e. The van der Waals surface area contributed by atoms with Crippen molar-refractivity contribution in [1.29, 1.82) is 5.41 Å². The predicted molar refractivity (Wildman–Crippen MR) is 238 cm³/mol. The zero-order valence-electron chi connectivity index (χ0n) is 36.9. The Labute approximate surface area is 336 Å². The van der Waals surface area contributed by atoms with E-state index in [1.807, 2.05) is 85.0 Å². The molecule has 310 valence electrons. The Bertz CT molecular complexity index is 1420. The third-order valence-corrected chi connectivity index (χ3v) is 8.19. The number of nitrogens with one attached hydrogen (secondary N) is 2. The van der Waals surface area contributed by atoms with Crippen molar-refractivity contribution in [2.45, 2.75) is 146 Å². The Morgan fingerprint density at radius 2 is 1.69 bits per heavy atom. The van der Waals surface area contributed by atoms with Gasteiger partial charge < -0.3 is 31.1 Å². The second kappa shape index (κ2) is 36.7. The lowest BCUT2D eigenvalue weighted by Gasteiger charge is -2.12. The second-order valence-electron chi connectivity index (χ2n) is 12.3. The van der Waals surface area contributed by atoms with E-state index < -0.39 is 0 Å². The van der Waals surface area contributed by atoms with Crippen LogP contribution in [0, 0.1) is 11.3 Å². The van der Waals surface area contributed by atoms with Gasteiger partial charge in [-0.1, -0.05) is 111 Å². The van der Waals surface area contributed by atoms with E-state index in [1.54, 1.807) is 13.3 Å². The average molecular weight is 763 g/mol. The van der Waals surface area contributed by atoms with E-state index in [9.17, 15) is 14.7 Å². The molecule has 1 aliphatic rings. The number of nitrogens with two attached hydrogens (primary N) is 1. The second-order valence-corrected chi connectivity index (χ2v) is 12.3. The molecular formula is C47H78N4O4. The fourth-order valence-corrected chi connectivity index (χ4v) is 4.98. The van der Waals surface area contributed by atoms with Gasteiger partial charge in [0.05, 0.1) is 18.9 Å². The molecule has 8 nitrogen and oxygen atoms in total. The van der Waals surface area contributed by atoms with Crippen molar-refractivity contribution >= 4 is 23.9 Å². The Kier molecular flexibility index (Phi) is 36.7. The van der Waals surface area contributed by atoms with E-state index >= 15 is 0 Å². The highest BCUT2D eigenvalue weighted by atomic mass is 16.5. The molecule has 8 heteroatoms. The molecule has 1 aromatic carbocycles. The van der Waals surface area contributed by atoms with Crippen molar-refractivity contribution in [3.63, 3.8) is 0 Å². The molecule has 1 fully saturated rings. The molecule has 1 unspecified atom stereocenters. The number of pyridine rings is 1. The number of benzene rings is 1. The van der Waals surface area contributed by atoms with Gasteiger partial charge in [-0.25, -0.2) is 0 Å². The summed E-state index contributed by atoms with van der Waals surface area (Å²) >= 11 is 0. The third kappa shape index (κ3) is 24.0. The number of hydrogen-bond donors (Lipinski definition) is 4. The number of methoxy groups -OCH3 is 1. The lowest BCUT2D eigenvalue weighted by atomic mass is 9.93. The zero-order chi connectivity index (χ0) is 42.6. The van der Waals surface area contributed by atoms with E-state index in [2.05, 4.69) is 57.1 Å². The number of Topliss-reactive ketones (excluding diaryl/α,β-unsaturated/α-hetero) is 1. The number of ketones is 1. The van der Waals surface area contributed by atoms with Gasteiger partial charge in [-0.2, -0.15) is 0 Å². The van der Waals surface area contributed by atoms with Gasteiger partial charge in [0.1, 0.15) is 12.0 Å². The van der Waals surface area contributed by atoms with Crippen molar-refractivity contribution in [1.82, 2.24) is 10.3 Å². The Balaban J connectivity index is -0.000000672. The molecule has 1 aliphatic carbocycles. The standard InChI is InChI=1S/C17H29NO.C12H16N2O.C10H15NO.C4H6O.2C2H6/c1-7-10-15(18-6)12-14(5)17(13(4)9-3)16(19)11-8-2;1-3-9-5-4-6-11(12(9)15-2)10(7-13)8-14;1-2-3-7-10(12)9-6-4-5-8-11-9;5-3-4-1-2-4;2*1-2/h10,12,18H,7-9,11H2,1-6H3;4-8,13H,3,14H2,1-2H3;4-6,8,10,12H,2-3,7H2,1H3;3-4H,1-2H2;2*1-2H3/b14-12-,15-10+,17-13?;10-8+,13-7?;;;;. The summed E-state index contributed by atoms with van der Waals surface area (Å²) in [5.41, 5.74) is 13.1. The Hall–Kier alpha value is -4.30. The van der Waals surface area contributed by atoms with Crippen LogP contribution in [0.25, 0.3) is 5.57 Å². The van der Waals surface area contributed by atoms with Crippen LogP contribution in [0.2, 0.25) is 0 Å². The molecule has 0 saturated heterocycles. The SMILES string of the molecule is CC.CC.CC/C=C(\C=C(\C)C(C(=O)CCC)=C(C)CC)NC.CCCCC(O)c1ccccn1.CCc1cccc(/C(C=N)=C/N)c1OC.O=CC1CC1. The maximum Gasteiger partial charge on any atom is 0.163 e. The molecule has 5 N–H and O–H groups in total. The highest BCUT2D eigenvalue weighted by molar-refractivity contribution is 6.09. The van der Waals surface area contributed by atoms with Crippen molar-refractivity contribution in [2.24, 2.45) is 11.7 Å². The molecule has 0 radical (unpaired) electrons. The minimum atomic E-state index is -0.383. The number of aryl methyl sites for hydroxylation is 1. The summed E-state index contributed by atoms with van der Waals surface area (Å²) in [7, 11) is 3.55. The van der Waals surface area contributed by atoms with E-state index in [0.29, 0.717) is 17.9 Å². The largest absolute Gasteiger partial charge is 0.496 e. The molecular weight excluding hydrogens is 685 g/mol. The maximum absolute atomic E-state index is 12.3. The highest BCUT2D eigenvalue weighted by Gasteiger charge is 2.19. The van der Waals surface area contributed by atoms with E-state index in [0.717, 1.165) is 103 Å². The number of para-hydroxylation sites is 1. The van der Waals surface area contributed by atoms with Crippen LogP contribution in [-0.4, -0.2) is 42.5 Å². The first kappa shape index (κ1) is 55.0. The van der Waals surface area contributed by atoms with Gasteiger partial charge >= 0.3 is 0 Å². The van der Waals surface area contributed by atoms with Crippen molar-refractivity contribution in [2.75, 3.05) is 14.2 Å². The van der Waals surface area contributed by atoms with Gasteiger partial charge in [-0.3, -0.25) is 9.78 Å². The van der Waals surface area contributed by atoms with Crippen LogP contribution in [0.3, 0.4) is 0 Å². The predicted octanol–water partition coefficient (Wildman–Crippen LogP) is 11.7. The number of nitrogens with zero attached hydrogens (tertiary/aromatic N) is 1. The minimum absolute atomic E-state index is 0.266. The van der Waals surface area contributed by atoms with Crippen molar-refractivity contribution in [3.05, 3.63) is 100 Å². The molecule has 3 rings (SSSR count). The first-order chi connectivity index (χ1) is 26.6. The number of unbranched alkanes of at least 4 members (excludes halogenated alkanes) is 1. The van der Waals surface area contributed by atoms with E-state index in [4.69, 9.17) is 15.9 Å².